The minimum absolute atomic E-state index is 0.0601. The van der Waals surface area contributed by atoms with Crippen molar-refractivity contribution in [3.8, 4) is 0 Å². The molecule has 3 aromatic rings. The second-order valence-electron chi connectivity index (χ2n) is 6.41. The van der Waals surface area contributed by atoms with Crippen LogP contribution in [-0.4, -0.2) is 16.6 Å². The summed E-state index contributed by atoms with van der Waals surface area (Å²) in [5.41, 5.74) is -0.174. The van der Waals surface area contributed by atoms with E-state index in [1.807, 2.05) is 0 Å². The van der Waals surface area contributed by atoms with Gasteiger partial charge in [-0.2, -0.15) is 13.2 Å². The van der Waals surface area contributed by atoms with Gasteiger partial charge in [0, 0.05) is 18.2 Å². The van der Waals surface area contributed by atoms with Crippen LogP contribution < -0.4 is 5.32 Å². The molecule has 0 atom stereocenters. The summed E-state index contributed by atoms with van der Waals surface area (Å²) in [4.78, 5) is 20.9. The van der Waals surface area contributed by atoms with Gasteiger partial charge in [0.15, 0.2) is 0 Å². The molecule has 0 radical (unpaired) electrons. The first-order chi connectivity index (χ1) is 13.8. The summed E-state index contributed by atoms with van der Waals surface area (Å²) < 4.78 is 53.8. The summed E-state index contributed by atoms with van der Waals surface area (Å²) in [6, 6.07) is 12.1. The highest BCUT2D eigenvalue weighted by molar-refractivity contribution is 6.13. The van der Waals surface area contributed by atoms with Gasteiger partial charge in [0.1, 0.15) is 11.6 Å². The number of carbonyl (C=O) groups excluding carboxylic acids is 1. The number of alkyl halides is 3. The van der Waals surface area contributed by atoms with E-state index in [-0.39, 0.29) is 28.9 Å². The Morgan fingerprint density at radius 2 is 1.86 bits per heavy atom. The molecule has 0 unspecified atom stereocenters. The number of amides is 1. The lowest BCUT2D eigenvalue weighted by Crippen LogP contribution is -2.14. The maximum absolute atomic E-state index is 13.7. The van der Waals surface area contributed by atoms with Crippen molar-refractivity contribution in [1.82, 2.24) is 4.98 Å². The molecule has 2 heterocycles. The second-order valence-corrected chi connectivity index (χ2v) is 6.41. The van der Waals surface area contributed by atoms with Crippen molar-refractivity contribution in [2.75, 3.05) is 5.32 Å². The third-order valence-corrected chi connectivity index (χ3v) is 4.47. The van der Waals surface area contributed by atoms with Crippen LogP contribution in [0.2, 0.25) is 0 Å². The van der Waals surface area contributed by atoms with Crippen molar-refractivity contribution >= 4 is 23.1 Å². The molecule has 0 saturated carbocycles. The van der Waals surface area contributed by atoms with Crippen LogP contribution in [-0.2, 0) is 12.6 Å². The number of rotatable bonds is 3. The minimum atomic E-state index is -4.65. The van der Waals surface area contributed by atoms with Crippen LogP contribution in [0.3, 0.4) is 0 Å². The van der Waals surface area contributed by atoms with E-state index in [1.165, 1.54) is 12.3 Å². The topological polar surface area (TPSA) is 54.4 Å². The molecule has 1 amide bonds. The smallest absolute Gasteiger partial charge is 0.306 e. The molecule has 1 aromatic heterocycles. The highest BCUT2D eigenvalue weighted by Gasteiger charge is 2.36. The number of benzene rings is 2. The van der Waals surface area contributed by atoms with Crippen LogP contribution in [0.15, 0.2) is 65.8 Å². The van der Waals surface area contributed by atoms with Crippen molar-refractivity contribution in [2.24, 2.45) is 4.99 Å². The Labute approximate surface area is 162 Å². The zero-order valence-corrected chi connectivity index (χ0v) is 14.8. The predicted molar refractivity (Wildman–Crippen MR) is 99.9 cm³/mol. The SMILES string of the molecule is O=C(Nc1ccccn1)c1cccc2c1N=C(c1cc(F)ccc1C(F)(F)F)C2. The number of hydrogen-bond donors (Lipinski definition) is 1. The first kappa shape index (κ1) is 18.8. The van der Waals surface area contributed by atoms with Crippen molar-refractivity contribution in [1.29, 1.82) is 0 Å². The number of hydrogen-bond acceptors (Lipinski definition) is 3. The number of fused-ring (bicyclic) bond motifs is 1. The van der Waals surface area contributed by atoms with Gasteiger partial charge < -0.3 is 5.32 Å². The molecular formula is C21H13F4N3O. The first-order valence-corrected chi connectivity index (χ1v) is 8.62. The van der Waals surface area contributed by atoms with Crippen molar-refractivity contribution < 1.29 is 22.4 Å². The van der Waals surface area contributed by atoms with E-state index in [0.717, 1.165) is 12.1 Å². The monoisotopic (exact) mass is 399 g/mol. The molecule has 0 bridgehead atoms. The summed E-state index contributed by atoms with van der Waals surface area (Å²) >= 11 is 0. The van der Waals surface area contributed by atoms with E-state index in [2.05, 4.69) is 15.3 Å². The number of para-hydroxylation sites is 1. The lowest BCUT2D eigenvalue weighted by molar-refractivity contribution is -0.137. The largest absolute Gasteiger partial charge is 0.417 e. The maximum Gasteiger partial charge on any atom is 0.417 e. The van der Waals surface area contributed by atoms with E-state index in [1.54, 1.807) is 30.3 Å². The Balaban J connectivity index is 1.73. The van der Waals surface area contributed by atoms with Crippen LogP contribution in [0.5, 0.6) is 0 Å². The summed E-state index contributed by atoms with van der Waals surface area (Å²) in [6.07, 6.45) is -3.07. The molecule has 4 rings (SSSR count). The Morgan fingerprint density at radius 3 is 2.59 bits per heavy atom. The number of nitrogens with one attached hydrogen (secondary N) is 1. The molecule has 0 aliphatic carbocycles. The first-order valence-electron chi connectivity index (χ1n) is 8.62. The molecule has 8 heteroatoms. The van der Waals surface area contributed by atoms with Gasteiger partial charge in [-0.3, -0.25) is 9.79 Å². The fourth-order valence-electron chi connectivity index (χ4n) is 3.18. The molecule has 29 heavy (non-hydrogen) atoms. The maximum atomic E-state index is 13.7. The van der Waals surface area contributed by atoms with Crippen molar-refractivity contribution in [2.45, 2.75) is 12.6 Å². The minimum Gasteiger partial charge on any atom is -0.306 e. The van der Waals surface area contributed by atoms with E-state index in [9.17, 15) is 22.4 Å². The zero-order valence-electron chi connectivity index (χ0n) is 14.8. The number of carbonyl (C=O) groups is 1. The van der Waals surface area contributed by atoms with Gasteiger partial charge in [0.05, 0.1) is 22.5 Å². The zero-order chi connectivity index (χ0) is 20.6. The molecule has 0 saturated heterocycles. The van der Waals surface area contributed by atoms with E-state index >= 15 is 0 Å². The average Bonchev–Trinajstić information content (AvgIpc) is 3.12. The molecule has 2 aromatic carbocycles. The van der Waals surface area contributed by atoms with Gasteiger partial charge in [0.2, 0.25) is 0 Å². The van der Waals surface area contributed by atoms with E-state index in [0.29, 0.717) is 17.4 Å². The number of anilines is 1. The number of aliphatic imine (C=N–C) groups is 1. The molecule has 1 aliphatic rings. The summed E-state index contributed by atoms with van der Waals surface area (Å²) in [5.74, 6) is -0.942. The highest BCUT2D eigenvalue weighted by atomic mass is 19.4. The van der Waals surface area contributed by atoms with E-state index in [4.69, 9.17) is 0 Å². The Hall–Kier alpha value is -3.55. The number of pyridine rings is 1. The van der Waals surface area contributed by atoms with Crippen molar-refractivity contribution in [3.05, 3.63) is 88.9 Å². The van der Waals surface area contributed by atoms with Crippen LogP contribution >= 0.6 is 0 Å². The molecule has 1 N–H and O–H groups in total. The van der Waals surface area contributed by atoms with E-state index < -0.39 is 23.5 Å². The van der Waals surface area contributed by atoms with Crippen molar-refractivity contribution in [3.63, 3.8) is 0 Å². The van der Waals surface area contributed by atoms with Gasteiger partial charge in [-0.1, -0.05) is 18.2 Å². The summed E-state index contributed by atoms with van der Waals surface area (Å²) in [5, 5.41) is 2.63. The quantitative estimate of drug-likeness (QED) is 0.618. The third-order valence-electron chi connectivity index (χ3n) is 4.47. The standard InChI is InChI=1S/C21H13F4N3O/c22-13-7-8-16(21(23,24)25)15(11-13)17-10-12-4-3-5-14(19(12)27-17)20(29)28-18-6-1-2-9-26-18/h1-9,11H,10H2,(H,26,28,29). The predicted octanol–water partition coefficient (Wildman–Crippen LogP) is 5.17. The van der Waals surface area contributed by atoms with Crippen LogP contribution in [0.25, 0.3) is 0 Å². The van der Waals surface area contributed by atoms with Gasteiger partial charge in [-0.25, -0.2) is 9.37 Å². The van der Waals surface area contributed by atoms with Gasteiger partial charge in [-0.05, 0) is 42.0 Å². The molecule has 146 valence electrons. The number of halogens is 4. The lowest BCUT2D eigenvalue weighted by atomic mass is 9.98. The van der Waals surface area contributed by atoms with Crippen LogP contribution in [0.1, 0.15) is 27.0 Å². The molecule has 4 nitrogen and oxygen atoms in total. The normalized spacial score (nSPS) is 13.0. The van der Waals surface area contributed by atoms with Gasteiger partial charge in [-0.15, -0.1) is 0 Å². The fraction of sp³-hybridized carbons (Fsp3) is 0.0952. The molecule has 0 fully saturated rings. The Kier molecular flexibility index (Phi) is 4.62. The Bertz CT molecular complexity index is 1120. The van der Waals surface area contributed by atoms with Gasteiger partial charge >= 0.3 is 6.18 Å². The molecule has 1 aliphatic heterocycles. The number of aromatic nitrogens is 1. The lowest BCUT2D eigenvalue weighted by Gasteiger charge is -2.12. The second kappa shape index (κ2) is 7.12. The average molecular weight is 399 g/mol. The Morgan fingerprint density at radius 1 is 1.03 bits per heavy atom. The van der Waals surface area contributed by atoms with Gasteiger partial charge in [0.25, 0.3) is 5.91 Å². The number of nitrogens with zero attached hydrogens (tertiary/aromatic N) is 2. The third kappa shape index (κ3) is 3.73. The molecular weight excluding hydrogens is 386 g/mol. The summed E-state index contributed by atoms with van der Waals surface area (Å²) in [6.45, 7) is 0. The summed E-state index contributed by atoms with van der Waals surface area (Å²) in [7, 11) is 0. The highest BCUT2D eigenvalue weighted by Crippen LogP contribution is 2.37. The molecule has 0 spiro atoms. The van der Waals surface area contributed by atoms with Crippen LogP contribution in [0.4, 0.5) is 29.1 Å². The van der Waals surface area contributed by atoms with Crippen LogP contribution in [0, 0.1) is 5.82 Å². The fourth-order valence-corrected chi connectivity index (χ4v) is 3.18.